The minimum absolute atomic E-state index is 0.168. The molecule has 148 valence electrons. The van der Waals surface area contributed by atoms with E-state index in [0.29, 0.717) is 29.2 Å². The number of rotatable bonds is 7. The highest BCUT2D eigenvalue weighted by molar-refractivity contribution is 6.04. The van der Waals surface area contributed by atoms with Crippen molar-refractivity contribution < 1.29 is 9.59 Å². The lowest BCUT2D eigenvalue weighted by atomic mass is 10.1. The van der Waals surface area contributed by atoms with Gasteiger partial charge in [-0.25, -0.2) is 4.98 Å². The second kappa shape index (κ2) is 9.50. The van der Waals surface area contributed by atoms with Gasteiger partial charge in [0.05, 0.1) is 0 Å². The van der Waals surface area contributed by atoms with E-state index in [-0.39, 0.29) is 11.8 Å². The number of benzene rings is 2. The summed E-state index contributed by atoms with van der Waals surface area (Å²) < 4.78 is 0. The van der Waals surface area contributed by atoms with Gasteiger partial charge in [0, 0.05) is 36.1 Å². The fourth-order valence-corrected chi connectivity index (χ4v) is 2.80. The molecule has 0 spiro atoms. The molecule has 0 aliphatic carbocycles. The molecule has 2 aromatic carbocycles. The van der Waals surface area contributed by atoms with Crippen molar-refractivity contribution in [3.8, 4) is 0 Å². The molecule has 1 aromatic heterocycles. The van der Waals surface area contributed by atoms with Crippen LogP contribution in [0.5, 0.6) is 0 Å². The molecule has 0 aliphatic heterocycles. The number of anilines is 2. The summed E-state index contributed by atoms with van der Waals surface area (Å²) in [7, 11) is 0. The second-order valence-electron chi connectivity index (χ2n) is 6.66. The molecule has 3 N–H and O–H groups in total. The van der Waals surface area contributed by atoms with Crippen LogP contribution in [0.25, 0.3) is 0 Å². The molecule has 2 amide bonds. The maximum Gasteiger partial charge on any atom is 0.255 e. The number of carbonyl (C=O) groups excluding carboxylic acids is 2. The Balaban J connectivity index is 1.61. The van der Waals surface area contributed by atoms with Crippen molar-refractivity contribution in [2.75, 3.05) is 17.2 Å². The Morgan fingerprint density at radius 3 is 2.48 bits per heavy atom. The van der Waals surface area contributed by atoms with Crippen molar-refractivity contribution in [2.45, 2.75) is 20.4 Å². The number of hydrogen-bond donors (Lipinski definition) is 3. The number of amides is 2. The topological polar surface area (TPSA) is 83.1 Å². The maximum absolute atomic E-state index is 12.4. The van der Waals surface area contributed by atoms with Gasteiger partial charge in [-0.15, -0.1) is 0 Å². The minimum Gasteiger partial charge on any atom is -0.370 e. The van der Waals surface area contributed by atoms with Crippen LogP contribution in [0.4, 0.5) is 11.5 Å². The highest BCUT2D eigenvalue weighted by Gasteiger charge is 2.08. The first-order valence-corrected chi connectivity index (χ1v) is 9.50. The van der Waals surface area contributed by atoms with E-state index in [0.717, 1.165) is 17.7 Å². The smallest absolute Gasteiger partial charge is 0.255 e. The summed E-state index contributed by atoms with van der Waals surface area (Å²) in [6.07, 6.45) is 1.61. The fourth-order valence-electron chi connectivity index (χ4n) is 2.80. The van der Waals surface area contributed by atoms with Crippen LogP contribution in [0.15, 0.2) is 66.9 Å². The molecular formula is C23H24N4O2. The normalized spacial score (nSPS) is 10.3. The van der Waals surface area contributed by atoms with Crippen molar-refractivity contribution in [3.05, 3.63) is 89.1 Å². The van der Waals surface area contributed by atoms with Crippen LogP contribution in [-0.4, -0.2) is 23.3 Å². The van der Waals surface area contributed by atoms with Gasteiger partial charge < -0.3 is 16.0 Å². The molecule has 6 heteroatoms. The van der Waals surface area contributed by atoms with E-state index in [1.807, 2.05) is 50.2 Å². The van der Waals surface area contributed by atoms with Crippen molar-refractivity contribution in [1.29, 1.82) is 0 Å². The van der Waals surface area contributed by atoms with Crippen LogP contribution in [0.2, 0.25) is 0 Å². The van der Waals surface area contributed by atoms with Crippen molar-refractivity contribution >= 4 is 23.3 Å². The van der Waals surface area contributed by atoms with Gasteiger partial charge in [0.2, 0.25) is 0 Å². The molecule has 0 unspecified atom stereocenters. The zero-order valence-electron chi connectivity index (χ0n) is 16.5. The Bertz CT molecular complexity index is 1000. The number of hydrogen-bond acceptors (Lipinski definition) is 4. The lowest BCUT2D eigenvalue weighted by Gasteiger charge is -2.10. The average Bonchev–Trinajstić information content (AvgIpc) is 2.73. The summed E-state index contributed by atoms with van der Waals surface area (Å²) in [4.78, 5) is 29.0. The fraction of sp³-hybridized carbons (Fsp3) is 0.174. The number of pyridine rings is 1. The Morgan fingerprint density at radius 2 is 1.72 bits per heavy atom. The van der Waals surface area contributed by atoms with Crippen molar-refractivity contribution in [3.63, 3.8) is 0 Å². The summed E-state index contributed by atoms with van der Waals surface area (Å²) in [5.41, 5.74) is 3.82. The highest BCUT2D eigenvalue weighted by Crippen LogP contribution is 2.13. The van der Waals surface area contributed by atoms with E-state index < -0.39 is 0 Å². The van der Waals surface area contributed by atoms with Gasteiger partial charge in [0.25, 0.3) is 11.8 Å². The lowest BCUT2D eigenvalue weighted by Crippen LogP contribution is -2.23. The van der Waals surface area contributed by atoms with Gasteiger partial charge in [-0.1, -0.05) is 29.8 Å². The van der Waals surface area contributed by atoms with Crippen LogP contribution in [0.3, 0.4) is 0 Å². The summed E-state index contributed by atoms with van der Waals surface area (Å²) in [6.45, 7) is 5.04. The van der Waals surface area contributed by atoms with E-state index in [1.165, 1.54) is 0 Å². The number of nitrogens with zero attached hydrogens (tertiary/aromatic N) is 1. The predicted molar refractivity (Wildman–Crippen MR) is 115 cm³/mol. The van der Waals surface area contributed by atoms with Gasteiger partial charge in [-0.05, 0) is 55.8 Å². The van der Waals surface area contributed by atoms with Gasteiger partial charge in [0.1, 0.15) is 5.82 Å². The van der Waals surface area contributed by atoms with Gasteiger partial charge in [-0.2, -0.15) is 0 Å². The SMILES string of the molecule is CCNc1cc(C(=O)NCc2cccc(NC(=O)c3ccc(C)cc3)c2)ccn1. The van der Waals surface area contributed by atoms with Gasteiger partial charge >= 0.3 is 0 Å². The number of carbonyl (C=O) groups is 2. The number of aromatic nitrogens is 1. The third kappa shape index (κ3) is 5.65. The molecule has 6 nitrogen and oxygen atoms in total. The Labute approximate surface area is 170 Å². The summed E-state index contributed by atoms with van der Waals surface area (Å²) in [5.74, 6) is 0.320. The molecule has 0 saturated heterocycles. The molecule has 0 fully saturated rings. The first-order chi connectivity index (χ1) is 14.0. The molecule has 3 rings (SSSR count). The predicted octanol–water partition coefficient (Wildman–Crippen LogP) is 4.00. The van der Waals surface area contributed by atoms with E-state index in [2.05, 4.69) is 20.9 Å². The quantitative estimate of drug-likeness (QED) is 0.571. The molecule has 0 aliphatic rings. The van der Waals surface area contributed by atoms with E-state index in [1.54, 1.807) is 30.5 Å². The zero-order chi connectivity index (χ0) is 20.6. The average molecular weight is 388 g/mol. The molecule has 29 heavy (non-hydrogen) atoms. The van der Waals surface area contributed by atoms with Gasteiger partial charge in [0.15, 0.2) is 0 Å². The van der Waals surface area contributed by atoms with Crippen LogP contribution in [-0.2, 0) is 6.54 Å². The summed E-state index contributed by atoms with van der Waals surface area (Å²) >= 11 is 0. The van der Waals surface area contributed by atoms with Crippen molar-refractivity contribution in [2.24, 2.45) is 0 Å². The van der Waals surface area contributed by atoms with Crippen LogP contribution < -0.4 is 16.0 Å². The molecule has 0 bridgehead atoms. The standard InChI is InChI=1S/C23H24N4O2/c1-3-24-21-14-19(11-12-25-21)22(28)26-15-17-5-4-6-20(13-17)27-23(29)18-9-7-16(2)8-10-18/h4-14H,3,15H2,1-2H3,(H,24,25)(H,26,28)(H,27,29). The molecule has 3 aromatic rings. The maximum atomic E-state index is 12.4. The first kappa shape index (κ1) is 20.1. The largest absolute Gasteiger partial charge is 0.370 e. The monoisotopic (exact) mass is 388 g/mol. The van der Waals surface area contributed by atoms with E-state index in [9.17, 15) is 9.59 Å². The summed E-state index contributed by atoms with van der Waals surface area (Å²) in [6, 6.07) is 18.2. The Morgan fingerprint density at radius 1 is 0.931 bits per heavy atom. The Hall–Kier alpha value is -3.67. The summed E-state index contributed by atoms with van der Waals surface area (Å²) in [5, 5.41) is 8.87. The minimum atomic E-state index is -0.180. The highest BCUT2D eigenvalue weighted by atomic mass is 16.2. The van der Waals surface area contributed by atoms with Crippen molar-refractivity contribution in [1.82, 2.24) is 10.3 Å². The first-order valence-electron chi connectivity index (χ1n) is 9.50. The number of nitrogens with one attached hydrogen (secondary N) is 3. The lowest BCUT2D eigenvalue weighted by molar-refractivity contribution is 0.0950. The molecule has 0 atom stereocenters. The molecular weight excluding hydrogens is 364 g/mol. The third-order valence-electron chi connectivity index (χ3n) is 4.33. The third-order valence-corrected chi connectivity index (χ3v) is 4.33. The molecule has 1 heterocycles. The Kier molecular flexibility index (Phi) is 6.58. The molecule has 0 saturated carbocycles. The van der Waals surface area contributed by atoms with Crippen LogP contribution in [0, 0.1) is 6.92 Å². The number of aryl methyl sites for hydroxylation is 1. The van der Waals surface area contributed by atoms with Gasteiger partial charge in [-0.3, -0.25) is 9.59 Å². The van der Waals surface area contributed by atoms with Crippen LogP contribution in [0.1, 0.15) is 38.8 Å². The molecule has 0 radical (unpaired) electrons. The van der Waals surface area contributed by atoms with E-state index in [4.69, 9.17) is 0 Å². The second-order valence-corrected chi connectivity index (χ2v) is 6.66. The van der Waals surface area contributed by atoms with E-state index >= 15 is 0 Å². The zero-order valence-corrected chi connectivity index (χ0v) is 16.5. The van der Waals surface area contributed by atoms with Crippen LogP contribution >= 0.6 is 0 Å².